The third-order valence-corrected chi connectivity index (χ3v) is 5.95. The number of fused-ring (bicyclic) bond motifs is 1. The van der Waals surface area contributed by atoms with Crippen LogP contribution in [0.2, 0.25) is 5.02 Å². The molecule has 1 saturated heterocycles. The van der Waals surface area contributed by atoms with Crippen LogP contribution >= 0.6 is 11.6 Å². The van der Waals surface area contributed by atoms with E-state index in [0.717, 1.165) is 23.7 Å². The number of benzene rings is 1. The fourth-order valence-corrected chi connectivity index (χ4v) is 4.31. The molecule has 142 valence electrons. The zero-order chi connectivity index (χ0) is 18.6. The van der Waals surface area contributed by atoms with E-state index in [1.54, 1.807) is 0 Å². The molecule has 1 aliphatic heterocycles. The third-order valence-electron chi connectivity index (χ3n) is 5.70. The van der Waals surface area contributed by atoms with Crippen molar-refractivity contribution in [2.45, 2.75) is 31.6 Å². The second-order valence-electron chi connectivity index (χ2n) is 7.44. The minimum atomic E-state index is 0.606. The van der Waals surface area contributed by atoms with E-state index in [1.807, 2.05) is 24.5 Å². The Labute approximate surface area is 165 Å². The molecule has 1 aliphatic rings. The van der Waals surface area contributed by atoms with Crippen molar-refractivity contribution in [2.75, 3.05) is 26.2 Å². The minimum Gasteiger partial charge on any atom is -0.330 e. The average Bonchev–Trinajstić information content (AvgIpc) is 3.09. The standard InChI is InChI=1S/C22H27ClN4/c23-18-3-5-19(6-4-18)27-16-21(20-7-11-25-15-22(20)27)17-8-13-26(14-9-17)12-2-1-10-24/h3-7,11,15-17H,1-2,8-10,12-14,24H2. The summed E-state index contributed by atoms with van der Waals surface area (Å²) in [5.74, 6) is 0.606. The van der Waals surface area contributed by atoms with Crippen molar-refractivity contribution in [3.63, 3.8) is 0 Å². The van der Waals surface area contributed by atoms with Gasteiger partial charge in [0.15, 0.2) is 0 Å². The van der Waals surface area contributed by atoms with E-state index in [1.165, 1.54) is 55.4 Å². The minimum absolute atomic E-state index is 0.606. The molecular weight excluding hydrogens is 356 g/mol. The largest absolute Gasteiger partial charge is 0.330 e. The summed E-state index contributed by atoms with van der Waals surface area (Å²) in [6.45, 7) is 4.33. The van der Waals surface area contributed by atoms with Gasteiger partial charge in [-0.3, -0.25) is 4.98 Å². The number of aromatic nitrogens is 2. The van der Waals surface area contributed by atoms with E-state index in [0.29, 0.717) is 5.92 Å². The van der Waals surface area contributed by atoms with E-state index in [4.69, 9.17) is 17.3 Å². The number of pyridine rings is 1. The summed E-state index contributed by atoms with van der Waals surface area (Å²) in [7, 11) is 0. The van der Waals surface area contributed by atoms with Crippen LogP contribution in [0.25, 0.3) is 16.6 Å². The Kier molecular flexibility index (Phi) is 5.77. The van der Waals surface area contributed by atoms with Crippen LogP contribution in [0, 0.1) is 0 Å². The molecule has 0 unspecified atom stereocenters. The summed E-state index contributed by atoms with van der Waals surface area (Å²) < 4.78 is 2.25. The zero-order valence-electron chi connectivity index (χ0n) is 15.6. The molecule has 27 heavy (non-hydrogen) atoms. The maximum atomic E-state index is 6.07. The summed E-state index contributed by atoms with van der Waals surface area (Å²) in [6, 6.07) is 10.2. The van der Waals surface area contributed by atoms with Gasteiger partial charge in [-0.05, 0) is 93.7 Å². The molecule has 2 aromatic heterocycles. The van der Waals surface area contributed by atoms with Crippen molar-refractivity contribution in [1.82, 2.24) is 14.5 Å². The van der Waals surface area contributed by atoms with Crippen LogP contribution in [0.15, 0.2) is 48.9 Å². The quantitative estimate of drug-likeness (QED) is 0.634. The third kappa shape index (κ3) is 4.03. The first-order valence-corrected chi connectivity index (χ1v) is 10.3. The molecule has 4 nitrogen and oxygen atoms in total. The highest BCUT2D eigenvalue weighted by Crippen LogP contribution is 2.35. The van der Waals surface area contributed by atoms with Crippen LogP contribution in [0.5, 0.6) is 0 Å². The van der Waals surface area contributed by atoms with Gasteiger partial charge in [0.25, 0.3) is 0 Å². The smallest absolute Gasteiger partial charge is 0.0715 e. The first kappa shape index (κ1) is 18.5. The van der Waals surface area contributed by atoms with Gasteiger partial charge in [0, 0.05) is 28.5 Å². The van der Waals surface area contributed by atoms with Gasteiger partial charge >= 0.3 is 0 Å². The van der Waals surface area contributed by atoms with Crippen LogP contribution in [0.3, 0.4) is 0 Å². The highest BCUT2D eigenvalue weighted by atomic mass is 35.5. The summed E-state index contributed by atoms with van der Waals surface area (Å²) in [6.07, 6.45) is 10.9. The lowest BCUT2D eigenvalue weighted by Crippen LogP contribution is -2.33. The van der Waals surface area contributed by atoms with Crippen molar-refractivity contribution in [3.05, 3.63) is 59.5 Å². The fraction of sp³-hybridized carbons (Fsp3) is 0.409. The number of hydrogen-bond donors (Lipinski definition) is 1. The lowest BCUT2D eigenvalue weighted by atomic mass is 9.89. The number of unbranched alkanes of at least 4 members (excludes halogenated alkanes) is 1. The molecule has 0 amide bonds. The van der Waals surface area contributed by atoms with Gasteiger partial charge < -0.3 is 15.2 Å². The first-order valence-electron chi connectivity index (χ1n) is 9.89. The normalized spacial score (nSPS) is 16.2. The SMILES string of the molecule is NCCCCN1CCC(c2cn(-c3ccc(Cl)cc3)c3cnccc23)CC1. The van der Waals surface area contributed by atoms with Crippen molar-refractivity contribution >= 4 is 22.5 Å². The van der Waals surface area contributed by atoms with Crippen LogP contribution in [0.1, 0.15) is 37.2 Å². The predicted octanol–water partition coefficient (Wildman–Crippen LogP) is 4.60. The molecule has 4 rings (SSSR count). The lowest BCUT2D eigenvalue weighted by Gasteiger charge is -2.31. The van der Waals surface area contributed by atoms with Gasteiger partial charge in [-0.15, -0.1) is 0 Å². The van der Waals surface area contributed by atoms with E-state index in [9.17, 15) is 0 Å². The Morgan fingerprint density at radius 2 is 1.85 bits per heavy atom. The molecule has 1 aromatic carbocycles. The van der Waals surface area contributed by atoms with Crippen LogP contribution in [0.4, 0.5) is 0 Å². The molecule has 3 aromatic rings. The maximum Gasteiger partial charge on any atom is 0.0715 e. The molecule has 2 N–H and O–H groups in total. The van der Waals surface area contributed by atoms with E-state index >= 15 is 0 Å². The van der Waals surface area contributed by atoms with E-state index < -0.39 is 0 Å². The maximum absolute atomic E-state index is 6.07. The van der Waals surface area contributed by atoms with Crippen molar-refractivity contribution in [2.24, 2.45) is 5.73 Å². The Morgan fingerprint density at radius 1 is 1.07 bits per heavy atom. The first-order chi connectivity index (χ1) is 13.3. The number of piperidine rings is 1. The Hall–Kier alpha value is -1.88. The Morgan fingerprint density at radius 3 is 2.59 bits per heavy atom. The second kappa shape index (κ2) is 8.42. The zero-order valence-corrected chi connectivity index (χ0v) is 16.4. The highest BCUT2D eigenvalue weighted by molar-refractivity contribution is 6.30. The number of hydrogen-bond acceptors (Lipinski definition) is 3. The Bertz CT molecular complexity index is 879. The van der Waals surface area contributed by atoms with Crippen molar-refractivity contribution in [1.29, 1.82) is 0 Å². The van der Waals surface area contributed by atoms with Gasteiger partial charge in [0.2, 0.25) is 0 Å². The van der Waals surface area contributed by atoms with Gasteiger partial charge in [-0.25, -0.2) is 0 Å². The Balaban J connectivity index is 1.57. The number of halogens is 1. The molecule has 0 saturated carbocycles. The molecule has 0 atom stereocenters. The summed E-state index contributed by atoms with van der Waals surface area (Å²) >= 11 is 6.07. The van der Waals surface area contributed by atoms with Gasteiger partial charge in [-0.1, -0.05) is 11.6 Å². The van der Waals surface area contributed by atoms with Crippen LogP contribution in [-0.2, 0) is 0 Å². The van der Waals surface area contributed by atoms with Crippen molar-refractivity contribution in [3.8, 4) is 5.69 Å². The lowest BCUT2D eigenvalue weighted by molar-refractivity contribution is 0.209. The monoisotopic (exact) mass is 382 g/mol. The molecule has 0 spiro atoms. The highest BCUT2D eigenvalue weighted by Gasteiger charge is 2.23. The molecule has 0 bridgehead atoms. The molecule has 3 heterocycles. The summed E-state index contributed by atoms with van der Waals surface area (Å²) in [4.78, 5) is 6.95. The van der Waals surface area contributed by atoms with Crippen LogP contribution in [-0.4, -0.2) is 40.6 Å². The predicted molar refractivity (Wildman–Crippen MR) is 113 cm³/mol. The molecule has 0 radical (unpaired) electrons. The average molecular weight is 383 g/mol. The molecule has 1 fully saturated rings. The number of nitrogens with two attached hydrogens (primary N) is 1. The summed E-state index contributed by atoms with van der Waals surface area (Å²) in [5.41, 5.74) is 9.36. The molecule has 0 aliphatic carbocycles. The van der Waals surface area contributed by atoms with Crippen LogP contribution < -0.4 is 5.73 Å². The number of rotatable bonds is 6. The second-order valence-corrected chi connectivity index (χ2v) is 7.87. The summed E-state index contributed by atoms with van der Waals surface area (Å²) in [5, 5.41) is 2.08. The van der Waals surface area contributed by atoms with E-state index in [2.05, 4.69) is 38.8 Å². The number of nitrogens with zero attached hydrogens (tertiary/aromatic N) is 3. The molecule has 5 heteroatoms. The van der Waals surface area contributed by atoms with E-state index in [-0.39, 0.29) is 0 Å². The van der Waals surface area contributed by atoms with Crippen molar-refractivity contribution < 1.29 is 0 Å². The van der Waals surface area contributed by atoms with Gasteiger partial charge in [0.05, 0.1) is 11.7 Å². The molecular formula is C22H27ClN4. The van der Waals surface area contributed by atoms with Gasteiger partial charge in [0.1, 0.15) is 0 Å². The number of likely N-dealkylation sites (tertiary alicyclic amines) is 1. The topological polar surface area (TPSA) is 47.1 Å². The fourth-order valence-electron chi connectivity index (χ4n) is 4.19. The van der Waals surface area contributed by atoms with Gasteiger partial charge in [-0.2, -0.15) is 0 Å².